The fourth-order valence-corrected chi connectivity index (χ4v) is 2.03. The number of hydrogen-bond donors (Lipinski definition) is 1. The molecule has 4 heteroatoms. The molecule has 0 spiro atoms. The maximum atomic E-state index is 12.1. The second kappa shape index (κ2) is 5.40. The molecule has 98 valence electrons. The molecule has 2 N–H and O–H groups in total. The third kappa shape index (κ3) is 2.82. The molecule has 0 bridgehead atoms. The highest BCUT2D eigenvalue weighted by atomic mass is 16.5. The van der Waals surface area contributed by atoms with E-state index in [2.05, 4.69) is 0 Å². The van der Waals surface area contributed by atoms with E-state index in [-0.39, 0.29) is 11.8 Å². The van der Waals surface area contributed by atoms with Gasteiger partial charge < -0.3 is 15.2 Å². The van der Waals surface area contributed by atoms with Crippen LogP contribution in [0.15, 0.2) is 18.2 Å². The van der Waals surface area contributed by atoms with E-state index in [1.54, 1.807) is 32.4 Å². The van der Waals surface area contributed by atoms with Gasteiger partial charge in [-0.3, -0.25) is 4.79 Å². The first-order valence-corrected chi connectivity index (χ1v) is 6.16. The Labute approximate surface area is 107 Å². The Kier molecular flexibility index (Phi) is 3.87. The minimum atomic E-state index is -0.00871. The summed E-state index contributed by atoms with van der Waals surface area (Å²) in [5.74, 6) is 1.80. The van der Waals surface area contributed by atoms with Crippen molar-refractivity contribution >= 4 is 5.78 Å². The molecule has 4 nitrogen and oxygen atoms in total. The van der Waals surface area contributed by atoms with Crippen LogP contribution in [-0.4, -0.2) is 26.0 Å². The zero-order valence-electron chi connectivity index (χ0n) is 10.8. The summed E-state index contributed by atoms with van der Waals surface area (Å²) in [4.78, 5) is 12.1. The first kappa shape index (κ1) is 12.9. The van der Waals surface area contributed by atoms with Gasteiger partial charge in [-0.2, -0.15) is 0 Å². The van der Waals surface area contributed by atoms with Crippen molar-refractivity contribution in [3.63, 3.8) is 0 Å². The van der Waals surface area contributed by atoms with E-state index in [9.17, 15) is 4.79 Å². The molecule has 1 aliphatic carbocycles. The van der Waals surface area contributed by atoms with Crippen LogP contribution in [0.25, 0.3) is 0 Å². The highest BCUT2D eigenvalue weighted by molar-refractivity contribution is 5.97. The smallest absolute Gasteiger partial charge is 0.164 e. The molecule has 1 fully saturated rings. The van der Waals surface area contributed by atoms with Crippen LogP contribution in [0, 0.1) is 5.92 Å². The maximum absolute atomic E-state index is 12.1. The van der Waals surface area contributed by atoms with Crippen molar-refractivity contribution in [2.24, 2.45) is 11.7 Å². The Balaban J connectivity index is 2.09. The van der Waals surface area contributed by atoms with Crippen molar-refractivity contribution in [1.29, 1.82) is 0 Å². The van der Waals surface area contributed by atoms with Gasteiger partial charge in [0.1, 0.15) is 0 Å². The van der Waals surface area contributed by atoms with Gasteiger partial charge in [0.15, 0.2) is 17.3 Å². The van der Waals surface area contributed by atoms with E-state index in [4.69, 9.17) is 15.2 Å². The molecule has 1 unspecified atom stereocenters. The average molecular weight is 249 g/mol. The Morgan fingerprint density at radius 2 is 2.00 bits per heavy atom. The SMILES string of the molecule is COc1ccc(C(=O)CC(N)C2CC2)cc1OC. The van der Waals surface area contributed by atoms with E-state index in [0.717, 1.165) is 12.8 Å². The molecule has 18 heavy (non-hydrogen) atoms. The zero-order chi connectivity index (χ0) is 13.1. The fourth-order valence-electron chi connectivity index (χ4n) is 2.03. The van der Waals surface area contributed by atoms with Crippen molar-refractivity contribution in [2.45, 2.75) is 25.3 Å². The fraction of sp³-hybridized carbons (Fsp3) is 0.500. The number of ketones is 1. The van der Waals surface area contributed by atoms with Gasteiger partial charge in [-0.15, -0.1) is 0 Å². The number of hydrogen-bond acceptors (Lipinski definition) is 4. The van der Waals surface area contributed by atoms with Gasteiger partial charge in [0, 0.05) is 18.0 Å². The summed E-state index contributed by atoms with van der Waals surface area (Å²) < 4.78 is 10.3. The number of rotatable bonds is 6. The van der Waals surface area contributed by atoms with Gasteiger partial charge in [-0.25, -0.2) is 0 Å². The van der Waals surface area contributed by atoms with Gasteiger partial charge in [0.2, 0.25) is 0 Å². The summed E-state index contributed by atoms with van der Waals surface area (Å²) in [6.07, 6.45) is 2.71. The summed E-state index contributed by atoms with van der Waals surface area (Å²) in [5, 5.41) is 0. The Hall–Kier alpha value is -1.55. The van der Waals surface area contributed by atoms with Crippen molar-refractivity contribution in [2.75, 3.05) is 14.2 Å². The minimum absolute atomic E-state index is 0.00871. The van der Waals surface area contributed by atoms with Gasteiger partial charge in [0.05, 0.1) is 14.2 Å². The van der Waals surface area contributed by atoms with E-state index in [1.165, 1.54) is 0 Å². The van der Waals surface area contributed by atoms with E-state index < -0.39 is 0 Å². The Bertz CT molecular complexity index is 441. The summed E-state index contributed by atoms with van der Waals surface area (Å²) in [7, 11) is 3.13. The molecule has 1 aromatic carbocycles. The van der Waals surface area contributed by atoms with Gasteiger partial charge in [-0.05, 0) is 37.0 Å². The third-order valence-corrected chi connectivity index (χ3v) is 3.35. The number of benzene rings is 1. The molecule has 2 rings (SSSR count). The first-order valence-electron chi connectivity index (χ1n) is 6.16. The number of carbonyl (C=O) groups is 1. The summed E-state index contributed by atoms with van der Waals surface area (Å²) in [5.41, 5.74) is 6.60. The molecule has 0 aliphatic heterocycles. The summed E-state index contributed by atoms with van der Waals surface area (Å²) in [6.45, 7) is 0. The molecule has 0 radical (unpaired) electrons. The van der Waals surface area contributed by atoms with Gasteiger partial charge >= 0.3 is 0 Å². The van der Waals surface area contributed by atoms with Crippen LogP contribution in [0.5, 0.6) is 11.5 Å². The molecular weight excluding hydrogens is 230 g/mol. The van der Waals surface area contributed by atoms with Crippen LogP contribution < -0.4 is 15.2 Å². The molecule has 1 aromatic rings. The molecule has 1 saturated carbocycles. The molecule has 0 amide bonds. The normalized spacial score (nSPS) is 16.2. The highest BCUT2D eigenvalue weighted by Gasteiger charge is 2.30. The maximum Gasteiger partial charge on any atom is 0.164 e. The third-order valence-electron chi connectivity index (χ3n) is 3.35. The Morgan fingerprint density at radius 1 is 1.33 bits per heavy atom. The number of ether oxygens (including phenoxy) is 2. The standard InChI is InChI=1S/C14H19NO3/c1-17-13-6-5-10(7-14(13)18-2)12(16)8-11(15)9-3-4-9/h5-7,9,11H,3-4,8,15H2,1-2H3. The lowest BCUT2D eigenvalue weighted by atomic mass is 10.0. The first-order chi connectivity index (χ1) is 8.65. The molecule has 1 aliphatic rings. The van der Waals surface area contributed by atoms with E-state index in [1.807, 2.05) is 0 Å². The number of Topliss-reactive ketones (excluding diaryl/α,β-unsaturated/α-hetero) is 1. The van der Waals surface area contributed by atoms with Gasteiger partial charge in [-0.1, -0.05) is 0 Å². The van der Waals surface area contributed by atoms with Crippen LogP contribution in [0.4, 0.5) is 0 Å². The van der Waals surface area contributed by atoms with E-state index >= 15 is 0 Å². The average Bonchev–Trinajstić information content (AvgIpc) is 3.22. The van der Waals surface area contributed by atoms with Crippen LogP contribution in [-0.2, 0) is 0 Å². The monoisotopic (exact) mass is 249 g/mol. The van der Waals surface area contributed by atoms with Crippen molar-refractivity contribution < 1.29 is 14.3 Å². The van der Waals surface area contributed by atoms with Crippen LogP contribution in [0.1, 0.15) is 29.6 Å². The largest absolute Gasteiger partial charge is 0.493 e. The zero-order valence-corrected chi connectivity index (χ0v) is 10.8. The molecule has 0 saturated heterocycles. The van der Waals surface area contributed by atoms with Gasteiger partial charge in [0.25, 0.3) is 0 Å². The van der Waals surface area contributed by atoms with E-state index in [0.29, 0.717) is 29.4 Å². The quantitative estimate of drug-likeness (QED) is 0.783. The highest BCUT2D eigenvalue weighted by Crippen LogP contribution is 2.34. The number of methoxy groups -OCH3 is 2. The predicted molar refractivity (Wildman–Crippen MR) is 69.2 cm³/mol. The van der Waals surface area contributed by atoms with Crippen molar-refractivity contribution in [3.05, 3.63) is 23.8 Å². The summed E-state index contributed by atoms with van der Waals surface area (Å²) in [6, 6.07) is 5.20. The molecule has 0 aromatic heterocycles. The number of nitrogens with two attached hydrogens (primary N) is 1. The molecule has 0 heterocycles. The van der Waals surface area contributed by atoms with Crippen LogP contribution in [0.2, 0.25) is 0 Å². The topological polar surface area (TPSA) is 61.5 Å². The Morgan fingerprint density at radius 3 is 2.56 bits per heavy atom. The lowest BCUT2D eigenvalue weighted by Gasteiger charge is -2.11. The minimum Gasteiger partial charge on any atom is -0.493 e. The second-order valence-electron chi connectivity index (χ2n) is 4.70. The van der Waals surface area contributed by atoms with Crippen LogP contribution >= 0.6 is 0 Å². The molecule has 1 atom stereocenters. The second-order valence-corrected chi connectivity index (χ2v) is 4.70. The lowest BCUT2D eigenvalue weighted by Crippen LogP contribution is -2.25. The van der Waals surface area contributed by atoms with Crippen LogP contribution in [0.3, 0.4) is 0 Å². The number of carbonyl (C=O) groups excluding carboxylic acids is 1. The summed E-state index contributed by atoms with van der Waals surface area (Å²) >= 11 is 0. The molecular formula is C14H19NO3. The lowest BCUT2D eigenvalue weighted by molar-refractivity contribution is 0.0971. The van der Waals surface area contributed by atoms with Crippen molar-refractivity contribution in [3.8, 4) is 11.5 Å². The van der Waals surface area contributed by atoms with Crippen molar-refractivity contribution in [1.82, 2.24) is 0 Å². The predicted octanol–water partition coefficient (Wildman–Crippen LogP) is 2.01.